The van der Waals surface area contributed by atoms with Crippen LogP contribution < -0.4 is 11.1 Å². The van der Waals surface area contributed by atoms with Gasteiger partial charge >= 0.3 is 0 Å². The number of aryl methyl sites for hydroxylation is 1. The predicted molar refractivity (Wildman–Crippen MR) is 80.8 cm³/mol. The number of nitrogens with two attached hydrogens (primary N) is 1. The van der Waals surface area contributed by atoms with Gasteiger partial charge in [0.15, 0.2) is 0 Å². The molecule has 1 amide bonds. The van der Waals surface area contributed by atoms with E-state index in [0.717, 1.165) is 21.2 Å². The Hall–Kier alpha value is -2.08. The summed E-state index contributed by atoms with van der Waals surface area (Å²) in [5.41, 5.74) is 7.50. The van der Waals surface area contributed by atoms with E-state index in [1.807, 2.05) is 38.1 Å². The van der Waals surface area contributed by atoms with Gasteiger partial charge in [-0.3, -0.25) is 4.79 Å². The van der Waals surface area contributed by atoms with E-state index in [-0.39, 0.29) is 5.91 Å². The van der Waals surface area contributed by atoms with E-state index in [4.69, 9.17) is 5.73 Å². The molecule has 0 spiro atoms. The highest BCUT2D eigenvalue weighted by atomic mass is 32.2. The first-order valence-corrected chi connectivity index (χ1v) is 6.93. The van der Waals surface area contributed by atoms with Crippen LogP contribution in [0.3, 0.4) is 0 Å². The molecule has 0 saturated heterocycles. The summed E-state index contributed by atoms with van der Waals surface area (Å²) >= 11 is 1.53. The summed E-state index contributed by atoms with van der Waals surface area (Å²) in [4.78, 5) is 20.5. The lowest BCUT2D eigenvalue weighted by Gasteiger charge is -2.08. The van der Waals surface area contributed by atoms with Gasteiger partial charge in [-0.25, -0.2) is 9.97 Å². The second kappa shape index (κ2) is 5.92. The minimum atomic E-state index is -0.0829. The van der Waals surface area contributed by atoms with Crippen LogP contribution >= 0.6 is 11.8 Å². The van der Waals surface area contributed by atoms with Gasteiger partial charge in [0.1, 0.15) is 16.7 Å². The number of rotatable bonds is 3. The Morgan fingerprint density at radius 2 is 1.85 bits per heavy atom. The maximum Gasteiger partial charge on any atom is 0.221 e. The molecule has 6 heteroatoms. The second-order valence-corrected chi connectivity index (χ2v) is 5.46. The monoisotopic (exact) mass is 288 g/mol. The van der Waals surface area contributed by atoms with Crippen molar-refractivity contribution in [1.29, 1.82) is 0 Å². The van der Waals surface area contributed by atoms with Crippen LogP contribution in [-0.2, 0) is 4.79 Å². The molecule has 0 aliphatic heterocycles. The fraction of sp³-hybridized carbons (Fsp3) is 0.214. The number of carbonyl (C=O) groups excluding carboxylic acids is 1. The number of nitrogens with one attached hydrogen (secondary N) is 1. The molecule has 2 aromatic rings. The van der Waals surface area contributed by atoms with E-state index in [9.17, 15) is 4.79 Å². The highest BCUT2D eigenvalue weighted by molar-refractivity contribution is 7.99. The summed E-state index contributed by atoms with van der Waals surface area (Å²) in [7, 11) is 0. The van der Waals surface area contributed by atoms with E-state index in [2.05, 4.69) is 15.3 Å². The number of carbonyl (C=O) groups is 1. The minimum absolute atomic E-state index is 0.0829. The van der Waals surface area contributed by atoms with Crippen molar-refractivity contribution < 1.29 is 4.79 Å². The molecule has 0 radical (unpaired) electrons. The molecule has 0 unspecified atom stereocenters. The zero-order valence-electron chi connectivity index (χ0n) is 11.6. The van der Waals surface area contributed by atoms with Crippen LogP contribution in [0.2, 0.25) is 0 Å². The molecule has 0 atom stereocenters. The summed E-state index contributed by atoms with van der Waals surface area (Å²) in [5, 5.41) is 3.58. The SMILES string of the molecule is CC(=O)Nc1ccc(Sc2nc(C)nc(N)c2C)cc1. The van der Waals surface area contributed by atoms with E-state index < -0.39 is 0 Å². The van der Waals surface area contributed by atoms with E-state index in [0.29, 0.717) is 11.6 Å². The molecule has 3 N–H and O–H groups in total. The number of benzene rings is 1. The minimum Gasteiger partial charge on any atom is -0.383 e. The number of aromatic nitrogens is 2. The first-order chi connectivity index (χ1) is 9.45. The quantitative estimate of drug-likeness (QED) is 0.849. The first-order valence-electron chi connectivity index (χ1n) is 6.12. The van der Waals surface area contributed by atoms with Crippen molar-refractivity contribution >= 4 is 29.2 Å². The molecule has 1 aromatic heterocycles. The van der Waals surface area contributed by atoms with Crippen molar-refractivity contribution in [3.05, 3.63) is 35.7 Å². The van der Waals surface area contributed by atoms with Gasteiger partial charge in [-0.15, -0.1) is 0 Å². The molecular formula is C14H16N4OS. The molecule has 0 saturated carbocycles. The number of nitrogen functional groups attached to an aromatic ring is 1. The molecule has 2 rings (SSSR count). The van der Waals surface area contributed by atoms with Crippen LogP contribution in [0.4, 0.5) is 11.5 Å². The van der Waals surface area contributed by atoms with E-state index in [1.54, 1.807) is 0 Å². The third-order valence-corrected chi connectivity index (χ3v) is 3.74. The predicted octanol–water partition coefficient (Wildman–Crippen LogP) is 2.79. The Morgan fingerprint density at radius 3 is 2.45 bits per heavy atom. The molecule has 5 nitrogen and oxygen atoms in total. The molecule has 1 heterocycles. The van der Waals surface area contributed by atoms with Crippen molar-refractivity contribution in [2.75, 3.05) is 11.1 Å². The average molecular weight is 288 g/mol. The van der Waals surface area contributed by atoms with Gasteiger partial charge in [0.25, 0.3) is 0 Å². The Bertz CT molecular complexity index is 640. The van der Waals surface area contributed by atoms with E-state index >= 15 is 0 Å². The average Bonchev–Trinajstić information content (AvgIpc) is 2.37. The number of hydrogen-bond donors (Lipinski definition) is 2. The number of hydrogen-bond acceptors (Lipinski definition) is 5. The van der Waals surface area contributed by atoms with Crippen LogP contribution in [0, 0.1) is 13.8 Å². The van der Waals surface area contributed by atoms with Crippen molar-refractivity contribution in [2.45, 2.75) is 30.7 Å². The van der Waals surface area contributed by atoms with Crippen molar-refractivity contribution in [3.8, 4) is 0 Å². The molecule has 0 aliphatic carbocycles. The number of anilines is 2. The summed E-state index contributed by atoms with van der Waals surface area (Å²) in [6, 6.07) is 7.58. The summed E-state index contributed by atoms with van der Waals surface area (Å²) in [5.74, 6) is 1.08. The molecule has 0 bridgehead atoms. The summed E-state index contributed by atoms with van der Waals surface area (Å²) in [6.45, 7) is 5.21. The fourth-order valence-electron chi connectivity index (χ4n) is 1.64. The zero-order valence-corrected chi connectivity index (χ0v) is 12.4. The normalized spacial score (nSPS) is 10.3. The molecule has 1 aromatic carbocycles. The van der Waals surface area contributed by atoms with Gasteiger partial charge in [-0.05, 0) is 38.1 Å². The summed E-state index contributed by atoms with van der Waals surface area (Å²) < 4.78 is 0. The van der Waals surface area contributed by atoms with Gasteiger partial charge in [0.05, 0.1) is 0 Å². The lowest BCUT2D eigenvalue weighted by Crippen LogP contribution is -2.05. The van der Waals surface area contributed by atoms with E-state index in [1.165, 1.54) is 18.7 Å². The number of amides is 1. The van der Waals surface area contributed by atoms with Crippen LogP contribution in [0.15, 0.2) is 34.2 Å². The molecule has 20 heavy (non-hydrogen) atoms. The fourth-order valence-corrected chi connectivity index (χ4v) is 2.57. The third-order valence-electron chi connectivity index (χ3n) is 2.64. The lowest BCUT2D eigenvalue weighted by molar-refractivity contribution is -0.114. The Balaban J connectivity index is 2.20. The Kier molecular flexibility index (Phi) is 4.24. The lowest BCUT2D eigenvalue weighted by atomic mass is 10.3. The smallest absolute Gasteiger partial charge is 0.221 e. The van der Waals surface area contributed by atoms with Crippen LogP contribution in [0.25, 0.3) is 0 Å². The largest absolute Gasteiger partial charge is 0.383 e. The van der Waals surface area contributed by atoms with Crippen molar-refractivity contribution in [3.63, 3.8) is 0 Å². The summed E-state index contributed by atoms with van der Waals surface area (Å²) in [6.07, 6.45) is 0. The zero-order chi connectivity index (χ0) is 14.7. The van der Waals surface area contributed by atoms with Gasteiger partial charge < -0.3 is 11.1 Å². The Labute approximate surface area is 122 Å². The molecular weight excluding hydrogens is 272 g/mol. The highest BCUT2D eigenvalue weighted by Gasteiger charge is 2.08. The maximum absolute atomic E-state index is 11.0. The number of nitrogens with zero attached hydrogens (tertiary/aromatic N) is 2. The van der Waals surface area contributed by atoms with Gasteiger partial charge in [-0.2, -0.15) is 0 Å². The third kappa shape index (κ3) is 3.48. The highest BCUT2D eigenvalue weighted by Crippen LogP contribution is 2.31. The molecule has 104 valence electrons. The van der Waals surface area contributed by atoms with Gasteiger partial charge in [0, 0.05) is 23.1 Å². The molecule has 0 aliphatic rings. The Morgan fingerprint density at radius 1 is 1.20 bits per heavy atom. The van der Waals surface area contributed by atoms with Crippen LogP contribution in [-0.4, -0.2) is 15.9 Å². The van der Waals surface area contributed by atoms with Crippen molar-refractivity contribution in [1.82, 2.24) is 9.97 Å². The van der Waals surface area contributed by atoms with Gasteiger partial charge in [-0.1, -0.05) is 11.8 Å². The first kappa shape index (κ1) is 14.3. The second-order valence-electron chi connectivity index (χ2n) is 4.39. The van der Waals surface area contributed by atoms with Gasteiger partial charge in [0.2, 0.25) is 5.91 Å². The standard InChI is InChI=1S/C14H16N4OS/c1-8-13(15)16-9(2)17-14(8)20-12-6-4-11(5-7-12)18-10(3)19/h4-7H,1-3H3,(H,18,19)(H2,15,16,17). The molecule has 0 fully saturated rings. The van der Waals surface area contributed by atoms with Crippen LogP contribution in [0.1, 0.15) is 18.3 Å². The topological polar surface area (TPSA) is 80.9 Å². The maximum atomic E-state index is 11.0. The van der Waals surface area contributed by atoms with Crippen molar-refractivity contribution in [2.24, 2.45) is 0 Å². The van der Waals surface area contributed by atoms with Crippen LogP contribution in [0.5, 0.6) is 0 Å².